The molecule has 12 aromatic carbocycles. The smallest absolute Gasteiger partial charge is 0.135 e. The summed E-state index contributed by atoms with van der Waals surface area (Å²) in [5.74, 6) is 0. The highest BCUT2D eigenvalue weighted by molar-refractivity contribution is 6.11. The lowest BCUT2D eigenvalue weighted by Crippen LogP contribution is -2.09. The van der Waals surface area contributed by atoms with Crippen LogP contribution in [-0.2, 0) is 0 Å². The quantitative estimate of drug-likeness (QED) is 0.144. The lowest BCUT2D eigenvalue weighted by Gasteiger charge is -2.26. The van der Waals surface area contributed by atoms with Gasteiger partial charge in [0.15, 0.2) is 0 Å². The number of aromatic nitrogens is 2. The molecule has 0 aliphatic rings. The van der Waals surface area contributed by atoms with E-state index in [1.54, 1.807) is 0 Å². The van der Waals surface area contributed by atoms with Gasteiger partial charge in [0.05, 0.1) is 22.1 Å². The number of anilines is 3. The SMILES string of the molecule is CC.c1cc(-c2ccc(N(c3ccc(-c4cccc(-n5c6ccccc6c6ccccc65)c4)cc3)c3ccc(-c4cccc(-n5c6ccccc6c6ccccc65)c4)cc3)cc2)cc(-c2ccc3oc4ccccc4c3c2)c1. The average molecular weight is 1000 g/mol. The topological polar surface area (TPSA) is 26.2 Å². The molecule has 0 aliphatic carbocycles. The largest absolute Gasteiger partial charge is 0.456 e. The van der Waals surface area contributed by atoms with Gasteiger partial charge in [-0.25, -0.2) is 0 Å². The third-order valence-corrected chi connectivity index (χ3v) is 15.3. The predicted octanol–water partition coefficient (Wildman–Crippen LogP) is 20.9. The van der Waals surface area contributed by atoms with Gasteiger partial charge in [-0.3, -0.25) is 0 Å². The summed E-state index contributed by atoms with van der Waals surface area (Å²) in [5, 5.41) is 7.29. The number of nitrogens with zero attached hydrogens (tertiary/aromatic N) is 3. The van der Waals surface area contributed by atoms with Crippen molar-refractivity contribution in [2.75, 3.05) is 4.90 Å². The number of furan rings is 1. The van der Waals surface area contributed by atoms with Crippen LogP contribution in [0.2, 0.25) is 0 Å². The highest BCUT2D eigenvalue weighted by atomic mass is 16.3. The van der Waals surface area contributed by atoms with Gasteiger partial charge in [0.1, 0.15) is 11.2 Å². The van der Waals surface area contributed by atoms with Crippen molar-refractivity contribution in [3.63, 3.8) is 0 Å². The zero-order valence-corrected chi connectivity index (χ0v) is 43.4. The zero-order chi connectivity index (χ0) is 52.1. The zero-order valence-electron chi connectivity index (χ0n) is 43.4. The molecule has 0 amide bonds. The van der Waals surface area contributed by atoms with Crippen LogP contribution in [0.3, 0.4) is 0 Å². The van der Waals surface area contributed by atoms with E-state index in [0.717, 1.165) is 94.9 Å². The van der Waals surface area contributed by atoms with Crippen molar-refractivity contribution in [1.29, 1.82) is 0 Å². The van der Waals surface area contributed by atoms with E-state index in [1.807, 2.05) is 26.0 Å². The molecule has 4 nitrogen and oxygen atoms in total. The number of fused-ring (bicyclic) bond motifs is 9. The van der Waals surface area contributed by atoms with Crippen LogP contribution in [0.1, 0.15) is 13.8 Å². The summed E-state index contributed by atoms with van der Waals surface area (Å²) in [6, 6.07) is 103. The van der Waals surface area contributed by atoms with Gasteiger partial charge in [0, 0.05) is 60.8 Å². The highest BCUT2D eigenvalue weighted by Crippen LogP contribution is 2.41. The van der Waals surface area contributed by atoms with Crippen LogP contribution < -0.4 is 4.90 Å². The van der Waals surface area contributed by atoms with Crippen LogP contribution in [0.5, 0.6) is 0 Å². The number of rotatable bonds is 9. The summed E-state index contributed by atoms with van der Waals surface area (Å²) >= 11 is 0. The molecule has 0 radical (unpaired) electrons. The summed E-state index contributed by atoms with van der Waals surface area (Å²) in [4.78, 5) is 2.36. The Labute approximate surface area is 453 Å². The maximum atomic E-state index is 6.16. The van der Waals surface area contributed by atoms with Crippen LogP contribution in [0.15, 0.2) is 290 Å². The Balaban J connectivity index is 0.00000273. The molecule has 370 valence electrons. The van der Waals surface area contributed by atoms with Crippen molar-refractivity contribution in [1.82, 2.24) is 9.13 Å². The second-order valence-corrected chi connectivity index (χ2v) is 19.7. The van der Waals surface area contributed by atoms with Gasteiger partial charge in [-0.1, -0.05) is 190 Å². The van der Waals surface area contributed by atoms with E-state index in [1.165, 1.54) is 43.6 Å². The molecule has 0 fully saturated rings. The molecule has 15 aromatic rings. The minimum absolute atomic E-state index is 0.903. The molecule has 0 atom stereocenters. The number of hydrogen-bond donors (Lipinski definition) is 0. The monoisotopic (exact) mass is 999 g/mol. The highest BCUT2D eigenvalue weighted by Gasteiger charge is 2.18. The Kier molecular flexibility index (Phi) is 11.6. The molecule has 0 spiro atoms. The van der Waals surface area contributed by atoms with Gasteiger partial charge < -0.3 is 18.5 Å². The molecule has 3 heterocycles. The third-order valence-electron chi connectivity index (χ3n) is 15.3. The summed E-state index contributed by atoms with van der Waals surface area (Å²) < 4.78 is 10.9. The van der Waals surface area contributed by atoms with Gasteiger partial charge in [-0.15, -0.1) is 0 Å². The molecule has 15 rings (SSSR count). The van der Waals surface area contributed by atoms with Crippen molar-refractivity contribution < 1.29 is 4.42 Å². The second kappa shape index (κ2) is 19.5. The standard InChI is InChI=1S/C72H47N3O.C2H6/c1-6-25-67-61(20-1)62-21-2-7-26-68(62)74(67)59-18-12-16-53(45-59)49-32-39-57(40-33-49)73(56-37-30-48(31-38-56)51-14-11-15-52(44-51)55-36-43-72-66(47-55)65-24-5-10-29-71(65)76-72)58-41-34-50(35-42-58)54-17-13-19-60(46-54)75-69-27-8-3-22-63(69)64-23-4-9-28-70(64)75;1-2/h1-47H;1-2H3. The lowest BCUT2D eigenvalue weighted by atomic mass is 9.97. The number of hydrogen-bond acceptors (Lipinski definition) is 2. The molecular formula is C74H53N3O. The fraction of sp³-hybridized carbons (Fsp3) is 0.0270. The van der Waals surface area contributed by atoms with E-state index in [4.69, 9.17) is 4.42 Å². The summed E-state index contributed by atoms with van der Waals surface area (Å²) in [6.07, 6.45) is 0. The van der Waals surface area contributed by atoms with Gasteiger partial charge in [-0.2, -0.15) is 0 Å². The Morgan fingerprint density at radius 2 is 0.564 bits per heavy atom. The van der Waals surface area contributed by atoms with Crippen LogP contribution in [0.25, 0.3) is 121 Å². The Morgan fingerprint density at radius 1 is 0.244 bits per heavy atom. The molecule has 0 N–H and O–H groups in total. The Morgan fingerprint density at radius 3 is 1.00 bits per heavy atom. The molecule has 0 bridgehead atoms. The van der Waals surface area contributed by atoms with E-state index in [-0.39, 0.29) is 0 Å². The average Bonchev–Trinajstić information content (AvgIpc) is 4.21. The fourth-order valence-electron chi connectivity index (χ4n) is 11.7. The van der Waals surface area contributed by atoms with E-state index >= 15 is 0 Å². The minimum Gasteiger partial charge on any atom is -0.456 e. The van der Waals surface area contributed by atoms with Crippen molar-refractivity contribution >= 4 is 82.6 Å². The molecular weight excluding hydrogens is 947 g/mol. The molecule has 3 aromatic heterocycles. The maximum Gasteiger partial charge on any atom is 0.135 e. The summed E-state index contributed by atoms with van der Waals surface area (Å²) in [7, 11) is 0. The Hall–Kier alpha value is -10.2. The molecule has 0 aliphatic heterocycles. The second-order valence-electron chi connectivity index (χ2n) is 19.7. The predicted molar refractivity (Wildman–Crippen MR) is 330 cm³/mol. The fourth-order valence-corrected chi connectivity index (χ4v) is 11.7. The number of para-hydroxylation sites is 5. The molecule has 0 saturated carbocycles. The van der Waals surface area contributed by atoms with Gasteiger partial charge in [0.2, 0.25) is 0 Å². The molecule has 4 heteroatoms. The van der Waals surface area contributed by atoms with Crippen molar-refractivity contribution in [3.05, 3.63) is 285 Å². The Bertz CT molecular complexity index is 4380. The first-order valence-corrected chi connectivity index (χ1v) is 27.0. The summed E-state index contributed by atoms with van der Waals surface area (Å²) in [6.45, 7) is 4.00. The maximum absolute atomic E-state index is 6.16. The van der Waals surface area contributed by atoms with Gasteiger partial charge in [-0.05, 0) is 154 Å². The summed E-state index contributed by atoms with van der Waals surface area (Å²) in [5.41, 5.74) is 21.4. The molecule has 0 saturated heterocycles. The van der Waals surface area contributed by atoms with Crippen LogP contribution in [-0.4, -0.2) is 9.13 Å². The first kappa shape index (κ1) is 46.4. The van der Waals surface area contributed by atoms with E-state index in [9.17, 15) is 0 Å². The molecule has 78 heavy (non-hydrogen) atoms. The van der Waals surface area contributed by atoms with E-state index < -0.39 is 0 Å². The van der Waals surface area contributed by atoms with Crippen LogP contribution in [0, 0.1) is 0 Å². The first-order chi connectivity index (χ1) is 38.7. The minimum atomic E-state index is 0.903. The van der Waals surface area contributed by atoms with Crippen molar-refractivity contribution in [2.45, 2.75) is 13.8 Å². The van der Waals surface area contributed by atoms with Gasteiger partial charge in [0.25, 0.3) is 0 Å². The van der Waals surface area contributed by atoms with Crippen molar-refractivity contribution in [2.24, 2.45) is 0 Å². The van der Waals surface area contributed by atoms with E-state index in [2.05, 4.69) is 287 Å². The number of benzene rings is 12. The molecule has 0 unspecified atom stereocenters. The van der Waals surface area contributed by atoms with E-state index in [0.29, 0.717) is 0 Å². The normalized spacial score (nSPS) is 11.5. The van der Waals surface area contributed by atoms with Crippen LogP contribution >= 0.6 is 0 Å². The third kappa shape index (κ3) is 8.01. The van der Waals surface area contributed by atoms with Gasteiger partial charge >= 0.3 is 0 Å². The van der Waals surface area contributed by atoms with Crippen molar-refractivity contribution in [3.8, 4) is 55.9 Å². The first-order valence-electron chi connectivity index (χ1n) is 27.0. The lowest BCUT2D eigenvalue weighted by molar-refractivity contribution is 0.669. The van der Waals surface area contributed by atoms with Crippen LogP contribution in [0.4, 0.5) is 17.1 Å².